The lowest BCUT2D eigenvalue weighted by atomic mass is 9.91. The molecule has 0 saturated heterocycles. The summed E-state index contributed by atoms with van der Waals surface area (Å²) in [5, 5.41) is 7.11. The van der Waals surface area contributed by atoms with Gasteiger partial charge in [0.05, 0.1) is 6.17 Å². The van der Waals surface area contributed by atoms with Crippen molar-refractivity contribution in [3.8, 4) is 0 Å². The van der Waals surface area contributed by atoms with E-state index in [1.54, 1.807) is 0 Å². The number of anilines is 2. The van der Waals surface area contributed by atoms with Gasteiger partial charge in [0.1, 0.15) is 0 Å². The van der Waals surface area contributed by atoms with Crippen LogP contribution in [-0.2, 0) is 0 Å². The molecule has 1 heterocycles. The Morgan fingerprint density at radius 2 is 1.72 bits per heavy atom. The van der Waals surface area contributed by atoms with Crippen LogP contribution >= 0.6 is 0 Å². The molecule has 0 radical (unpaired) electrons. The Morgan fingerprint density at radius 3 is 2.56 bits per heavy atom. The molecule has 0 fully saturated rings. The molecule has 1 unspecified atom stereocenters. The molecule has 0 amide bonds. The molecule has 0 aliphatic carbocycles. The van der Waals surface area contributed by atoms with E-state index in [1.807, 2.05) is 6.07 Å². The van der Waals surface area contributed by atoms with Gasteiger partial charge in [-0.1, -0.05) is 43.3 Å². The van der Waals surface area contributed by atoms with Crippen LogP contribution < -0.4 is 10.6 Å². The van der Waals surface area contributed by atoms with E-state index in [9.17, 15) is 0 Å². The first kappa shape index (κ1) is 11.1. The lowest BCUT2D eigenvalue weighted by molar-refractivity contribution is 0.598. The highest BCUT2D eigenvalue weighted by Crippen LogP contribution is 2.33. The van der Waals surface area contributed by atoms with Crippen LogP contribution in [0.25, 0.3) is 0 Å². The molecule has 0 saturated carbocycles. The van der Waals surface area contributed by atoms with E-state index in [4.69, 9.17) is 0 Å². The predicted octanol–water partition coefficient (Wildman–Crippen LogP) is 4.04. The molecule has 0 aromatic heterocycles. The minimum atomic E-state index is 0.303. The summed E-state index contributed by atoms with van der Waals surface area (Å²) in [7, 11) is 0. The number of hydrogen-bond acceptors (Lipinski definition) is 2. The first-order valence-corrected chi connectivity index (χ1v) is 6.50. The zero-order valence-electron chi connectivity index (χ0n) is 10.6. The van der Waals surface area contributed by atoms with Crippen molar-refractivity contribution < 1.29 is 0 Å². The molecule has 1 aliphatic rings. The molecule has 3 rings (SSSR count). The maximum Gasteiger partial charge on any atom is 0.0969 e. The molecule has 0 spiro atoms. The van der Waals surface area contributed by atoms with Gasteiger partial charge in [-0.05, 0) is 36.1 Å². The van der Waals surface area contributed by atoms with Crippen molar-refractivity contribution >= 4 is 11.4 Å². The average Bonchev–Trinajstić information content (AvgIpc) is 2.40. The highest BCUT2D eigenvalue weighted by atomic mass is 15.1. The maximum absolute atomic E-state index is 3.56. The number of rotatable bonds is 2. The fraction of sp³-hybridized carbons (Fsp3) is 0.250. The smallest absolute Gasteiger partial charge is 0.0969 e. The molecule has 0 bridgehead atoms. The van der Waals surface area contributed by atoms with Crippen molar-refractivity contribution in [1.82, 2.24) is 0 Å². The molecule has 2 heteroatoms. The summed E-state index contributed by atoms with van der Waals surface area (Å²) < 4.78 is 0. The second kappa shape index (κ2) is 4.73. The van der Waals surface area contributed by atoms with Crippen LogP contribution in [-0.4, -0.2) is 6.17 Å². The number of fused-ring (bicyclic) bond motifs is 1. The summed E-state index contributed by atoms with van der Waals surface area (Å²) in [6.07, 6.45) is 1.41. The molecular weight excluding hydrogens is 220 g/mol. The van der Waals surface area contributed by atoms with Crippen LogP contribution in [0.3, 0.4) is 0 Å². The van der Waals surface area contributed by atoms with E-state index in [2.05, 4.69) is 66.1 Å². The van der Waals surface area contributed by atoms with Gasteiger partial charge in [0.15, 0.2) is 0 Å². The highest BCUT2D eigenvalue weighted by molar-refractivity contribution is 5.57. The van der Waals surface area contributed by atoms with Crippen molar-refractivity contribution in [2.45, 2.75) is 25.4 Å². The Morgan fingerprint density at radius 1 is 1.00 bits per heavy atom. The van der Waals surface area contributed by atoms with E-state index in [-0.39, 0.29) is 0 Å². The van der Waals surface area contributed by atoms with Crippen LogP contribution in [0, 0.1) is 0 Å². The quantitative estimate of drug-likeness (QED) is 0.825. The van der Waals surface area contributed by atoms with Crippen molar-refractivity contribution in [1.29, 1.82) is 0 Å². The van der Waals surface area contributed by atoms with E-state index in [0.29, 0.717) is 12.1 Å². The number of benzene rings is 2. The largest absolute Gasteiger partial charge is 0.365 e. The Hall–Kier alpha value is -1.96. The van der Waals surface area contributed by atoms with Gasteiger partial charge in [-0.3, -0.25) is 0 Å². The topological polar surface area (TPSA) is 24.1 Å². The van der Waals surface area contributed by atoms with Gasteiger partial charge in [-0.15, -0.1) is 0 Å². The zero-order chi connectivity index (χ0) is 12.4. The van der Waals surface area contributed by atoms with Gasteiger partial charge in [0, 0.05) is 11.4 Å². The van der Waals surface area contributed by atoms with Gasteiger partial charge in [0.25, 0.3) is 0 Å². The lowest BCUT2D eigenvalue weighted by Gasteiger charge is -2.32. The fourth-order valence-corrected chi connectivity index (χ4v) is 2.62. The SMILES string of the molecule is CC1C[C@@H](Nc2ccccc2)Nc2ccccc21. The third-order valence-corrected chi connectivity index (χ3v) is 3.53. The molecule has 92 valence electrons. The molecular formula is C16H18N2. The van der Waals surface area contributed by atoms with E-state index in [1.165, 1.54) is 16.9 Å². The van der Waals surface area contributed by atoms with Gasteiger partial charge in [0.2, 0.25) is 0 Å². The Balaban J connectivity index is 1.78. The van der Waals surface area contributed by atoms with Gasteiger partial charge < -0.3 is 10.6 Å². The van der Waals surface area contributed by atoms with Gasteiger partial charge in [-0.2, -0.15) is 0 Å². The van der Waals surface area contributed by atoms with Crippen LogP contribution in [0.5, 0.6) is 0 Å². The third-order valence-electron chi connectivity index (χ3n) is 3.53. The molecule has 2 aromatic rings. The maximum atomic E-state index is 3.56. The van der Waals surface area contributed by atoms with Crippen molar-refractivity contribution in [3.63, 3.8) is 0 Å². The van der Waals surface area contributed by atoms with Gasteiger partial charge >= 0.3 is 0 Å². The van der Waals surface area contributed by atoms with E-state index in [0.717, 1.165) is 6.42 Å². The molecule has 2 nitrogen and oxygen atoms in total. The van der Waals surface area contributed by atoms with Crippen molar-refractivity contribution in [3.05, 3.63) is 60.2 Å². The first-order chi connectivity index (χ1) is 8.83. The van der Waals surface area contributed by atoms with Crippen molar-refractivity contribution in [2.24, 2.45) is 0 Å². The third kappa shape index (κ3) is 2.19. The van der Waals surface area contributed by atoms with Crippen LogP contribution in [0.1, 0.15) is 24.8 Å². The van der Waals surface area contributed by atoms with Crippen LogP contribution in [0.15, 0.2) is 54.6 Å². The molecule has 2 aromatic carbocycles. The Labute approximate surface area is 108 Å². The fourth-order valence-electron chi connectivity index (χ4n) is 2.62. The second-order valence-corrected chi connectivity index (χ2v) is 4.93. The monoisotopic (exact) mass is 238 g/mol. The average molecular weight is 238 g/mol. The Kier molecular flexibility index (Phi) is 2.93. The van der Waals surface area contributed by atoms with Gasteiger partial charge in [-0.25, -0.2) is 0 Å². The number of hydrogen-bond donors (Lipinski definition) is 2. The summed E-state index contributed by atoms with van der Waals surface area (Å²) in [5.41, 5.74) is 3.84. The molecule has 2 N–H and O–H groups in total. The number of nitrogens with one attached hydrogen (secondary N) is 2. The summed E-state index contributed by atoms with van der Waals surface area (Å²) >= 11 is 0. The zero-order valence-corrected chi connectivity index (χ0v) is 10.6. The minimum Gasteiger partial charge on any atom is -0.365 e. The van der Waals surface area contributed by atoms with E-state index >= 15 is 0 Å². The molecule has 18 heavy (non-hydrogen) atoms. The molecule has 2 atom stereocenters. The predicted molar refractivity (Wildman–Crippen MR) is 76.9 cm³/mol. The Bertz CT molecular complexity index is 522. The molecule has 1 aliphatic heterocycles. The normalized spacial score (nSPS) is 21.8. The van der Waals surface area contributed by atoms with Crippen molar-refractivity contribution in [2.75, 3.05) is 10.6 Å². The summed E-state index contributed by atoms with van der Waals surface area (Å²) in [4.78, 5) is 0. The van der Waals surface area contributed by atoms with Crippen LogP contribution in [0.4, 0.5) is 11.4 Å². The van der Waals surface area contributed by atoms with Crippen LogP contribution in [0.2, 0.25) is 0 Å². The number of para-hydroxylation sites is 2. The minimum absolute atomic E-state index is 0.303. The second-order valence-electron chi connectivity index (χ2n) is 4.93. The lowest BCUT2D eigenvalue weighted by Crippen LogP contribution is -2.34. The summed E-state index contributed by atoms with van der Waals surface area (Å²) in [5.74, 6) is 0.587. The summed E-state index contributed by atoms with van der Waals surface area (Å²) in [6, 6.07) is 18.9. The summed E-state index contributed by atoms with van der Waals surface area (Å²) in [6.45, 7) is 2.29. The first-order valence-electron chi connectivity index (χ1n) is 6.50. The highest BCUT2D eigenvalue weighted by Gasteiger charge is 2.22. The van der Waals surface area contributed by atoms with E-state index < -0.39 is 0 Å². The standard InChI is InChI=1S/C16H18N2/c1-12-11-16(17-13-7-3-2-4-8-13)18-15-10-6-5-9-14(12)15/h2-10,12,16-18H,11H2,1H3/t12?,16-/m0/s1.